The monoisotopic (exact) mass is 294 g/mol. The number of nitrogens with one attached hydrogen (secondary N) is 1. The summed E-state index contributed by atoms with van der Waals surface area (Å²) in [5, 5.41) is 12.2. The number of thioether (sulfide) groups is 1. The van der Waals surface area contributed by atoms with E-state index in [4.69, 9.17) is 5.26 Å². The molecule has 0 aromatic rings. The van der Waals surface area contributed by atoms with Crippen LogP contribution >= 0.6 is 11.8 Å². The van der Waals surface area contributed by atoms with Gasteiger partial charge < -0.3 is 5.32 Å². The zero-order chi connectivity index (χ0) is 14.2. The fourth-order valence-electron chi connectivity index (χ4n) is 3.50. The number of hydrogen-bond donors (Lipinski definition) is 1. The third-order valence-electron chi connectivity index (χ3n) is 4.69. The molecular weight excluding hydrogens is 268 g/mol. The van der Waals surface area contributed by atoms with Crippen molar-refractivity contribution in [2.24, 2.45) is 11.8 Å². The van der Waals surface area contributed by atoms with Gasteiger partial charge in [-0.3, -0.25) is 4.79 Å². The lowest BCUT2D eigenvalue weighted by molar-refractivity contribution is -0.127. The Hall–Kier alpha value is -0.690. The predicted molar refractivity (Wildman–Crippen MR) is 83.4 cm³/mol. The number of nitrogens with zero attached hydrogens (tertiary/aromatic N) is 1. The van der Waals surface area contributed by atoms with Crippen LogP contribution in [0.4, 0.5) is 0 Å². The molecule has 0 saturated heterocycles. The molecule has 0 spiro atoms. The topological polar surface area (TPSA) is 52.9 Å². The van der Waals surface area contributed by atoms with Crippen molar-refractivity contribution >= 4 is 17.7 Å². The van der Waals surface area contributed by atoms with Gasteiger partial charge >= 0.3 is 0 Å². The zero-order valence-corrected chi connectivity index (χ0v) is 13.1. The SMILES string of the molecule is N#CCNC(=O)C1CCCCC1CSC1CCCCC1. The molecule has 2 fully saturated rings. The molecule has 1 amide bonds. The second-order valence-corrected chi connectivity index (χ2v) is 7.45. The normalized spacial score (nSPS) is 27.8. The van der Waals surface area contributed by atoms with E-state index in [2.05, 4.69) is 17.1 Å². The van der Waals surface area contributed by atoms with E-state index in [9.17, 15) is 4.79 Å². The summed E-state index contributed by atoms with van der Waals surface area (Å²) in [5.41, 5.74) is 0. The maximum Gasteiger partial charge on any atom is 0.224 e. The maximum atomic E-state index is 12.1. The number of amides is 1. The smallest absolute Gasteiger partial charge is 0.224 e. The number of hydrogen-bond acceptors (Lipinski definition) is 3. The van der Waals surface area contributed by atoms with E-state index in [1.165, 1.54) is 44.9 Å². The Morgan fingerprint density at radius 2 is 1.80 bits per heavy atom. The molecule has 3 nitrogen and oxygen atoms in total. The van der Waals surface area contributed by atoms with E-state index in [-0.39, 0.29) is 18.4 Å². The lowest BCUT2D eigenvalue weighted by Crippen LogP contribution is -2.38. The van der Waals surface area contributed by atoms with Crippen LogP contribution in [0.2, 0.25) is 0 Å². The van der Waals surface area contributed by atoms with Gasteiger partial charge in [-0.1, -0.05) is 32.1 Å². The minimum atomic E-state index is 0.112. The van der Waals surface area contributed by atoms with Gasteiger partial charge in [0.1, 0.15) is 6.54 Å². The molecule has 0 aliphatic heterocycles. The first kappa shape index (κ1) is 15.7. The van der Waals surface area contributed by atoms with Crippen LogP contribution in [0.25, 0.3) is 0 Å². The third kappa shape index (κ3) is 4.70. The van der Waals surface area contributed by atoms with Gasteiger partial charge in [0, 0.05) is 11.2 Å². The van der Waals surface area contributed by atoms with Crippen molar-refractivity contribution in [3.63, 3.8) is 0 Å². The van der Waals surface area contributed by atoms with E-state index < -0.39 is 0 Å². The summed E-state index contributed by atoms with van der Waals surface area (Å²) in [6.45, 7) is 0.151. The molecule has 2 saturated carbocycles. The molecule has 2 atom stereocenters. The summed E-state index contributed by atoms with van der Waals surface area (Å²) in [6, 6.07) is 2.00. The molecule has 0 aromatic carbocycles. The molecule has 4 heteroatoms. The van der Waals surface area contributed by atoms with E-state index in [0.717, 1.165) is 23.8 Å². The first-order valence-corrected chi connectivity index (χ1v) is 9.12. The Balaban J connectivity index is 1.80. The van der Waals surface area contributed by atoms with Crippen LogP contribution in [0, 0.1) is 23.2 Å². The van der Waals surface area contributed by atoms with Crippen LogP contribution in [-0.2, 0) is 4.79 Å². The number of nitriles is 1. The summed E-state index contributed by atoms with van der Waals surface area (Å²) in [5.74, 6) is 1.91. The van der Waals surface area contributed by atoms with Crippen LogP contribution in [0.1, 0.15) is 57.8 Å². The van der Waals surface area contributed by atoms with Crippen LogP contribution in [-0.4, -0.2) is 23.5 Å². The molecule has 1 N–H and O–H groups in total. The summed E-state index contributed by atoms with van der Waals surface area (Å²) < 4.78 is 0. The Labute approximate surface area is 126 Å². The highest BCUT2D eigenvalue weighted by Crippen LogP contribution is 2.36. The quantitative estimate of drug-likeness (QED) is 0.790. The van der Waals surface area contributed by atoms with Gasteiger partial charge in [0.2, 0.25) is 5.91 Å². The van der Waals surface area contributed by atoms with Crippen LogP contribution in [0.3, 0.4) is 0 Å². The minimum Gasteiger partial charge on any atom is -0.343 e. The van der Waals surface area contributed by atoms with Crippen LogP contribution in [0.5, 0.6) is 0 Å². The Morgan fingerprint density at radius 3 is 2.55 bits per heavy atom. The average molecular weight is 294 g/mol. The molecule has 0 radical (unpaired) electrons. The number of rotatable bonds is 5. The molecule has 2 unspecified atom stereocenters. The average Bonchev–Trinajstić information content (AvgIpc) is 2.52. The molecule has 0 heterocycles. The molecule has 2 rings (SSSR count). The fraction of sp³-hybridized carbons (Fsp3) is 0.875. The number of carbonyl (C=O) groups is 1. The maximum absolute atomic E-state index is 12.1. The molecule has 2 aliphatic carbocycles. The van der Waals surface area contributed by atoms with Gasteiger partial charge in [0.05, 0.1) is 6.07 Å². The molecule has 0 aromatic heterocycles. The molecular formula is C16H26N2OS. The van der Waals surface area contributed by atoms with Crippen molar-refractivity contribution in [1.29, 1.82) is 5.26 Å². The van der Waals surface area contributed by atoms with Gasteiger partial charge in [-0.2, -0.15) is 17.0 Å². The second kappa shape index (κ2) is 8.56. The van der Waals surface area contributed by atoms with Gasteiger partial charge in [-0.25, -0.2) is 0 Å². The summed E-state index contributed by atoms with van der Waals surface area (Å²) in [7, 11) is 0. The standard InChI is InChI=1S/C16H26N2OS/c17-10-11-18-16(19)15-9-5-4-6-13(15)12-20-14-7-2-1-3-8-14/h13-15H,1-9,11-12H2,(H,18,19). The first-order chi connectivity index (χ1) is 9.81. The van der Waals surface area contributed by atoms with Gasteiger partial charge in [0.25, 0.3) is 0 Å². The van der Waals surface area contributed by atoms with Crippen LogP contribution in [0.15, 0.2) is 0 Å². The predicted octanol–water partition coefficient (Wildman–Crippen LogP) is 3.50. The lowest BCUT2D eigenvalue weighted by Gasteiger charge is -2.32. The Morgan fingerprint density at radius 1 is 1.10 bits per heavy atom. The van der Waals surface area contributed by atoms with Gasteiger partial charge in [-0.05, 0) is 37.4 Å². The first-order valence-electron chi connectivity index (χ1n) is 8.07. The largest absolute Gasteiger partial charge is 0.343 e. The van der Waals surface area contributed by atoms with Crippen LogP contribution < -0.4 is 5.32 Å². The highest BCUT2D eigenvalue weighted by atomic mass is 32.2. The van der Waals surface area contributed by atoms with Gasteiger partial charge in [0.15, 0.2) is 0 Å². The van der Waals surface area contributed by atoms with E-state index in [1.807, 2.05) is 6.07 Å². The lowest BCUT2D eigenvalue weighted by atomic mass is 9.80. The third-order valence-corrected chi connectivity index (χ3v) is 6.25. The Kier molecular flexibility index (Phi) is 6.72. The van der Waals surface area contributed by atoms with E-state index in [1.54, 1.807) is 0 Å². The van der Waals surface area contributed by atoms with Crippen molar-refractivity contribution < 1.29 is 4.79 Å². The fourth-order valence-corrected chi connectivity index (χ4v) is 5.09. The van der Waals surface area contributed by atoms with Crippen molar-refractivity contribution in [2.45, 2.75) is 63.0 Å². The highest BCUT2D eigenvalue weighted by Gasteiger charge is 2.31. The highest BCUT2D eigenvalue weighted by molar-refractivity contribution is 7.99. The zero-order valence-electron chi connectivity index (χ0n) is 12.3. The molecule has 0 bridgehead atoms. The molecule has 20 heavy (non-hydrogen) atoms. The summed E-state index contributed by atoms with van der Waals surface area (Å²) in [6.07, 6.45) is 11.5. The summed E-state index contributed by atoms with van der Waals surface area (Å²) >= 11 is 2.10. The summed E-state index contributed by atoms with van der Waals surface area (Å²) in [4.78, 5) is 12.1. The minimum absolute atomic E-state index is 0.112. The van der Waals surface area contributed by atoms with Crippen molar-refractivity contribution in [3.8, 4) is 6.07 Å². The van der Waals surface area contributed by atoms with Crippen molar-refractivity contribution in [1.82, 2.24) is 5.32 Å². The van der Waals surface area contributed by atoms with Crippen molar-refractivity contribution in [2.75, 3.05) is 12.3 Å². The van der Waals surface area contributed by atoms with Gasteiger partial charge in [-0.15, -0.1) is 0 Å². The van der Waals surface area contributed by atoms with E-state index >= 15 is 0 Å². The number of carbonyl (C=O) groups excluding carboxylic acids is 1. The van der Waals surface area contributed by atoms with Crippen molar-refractivity contribution in [3.05, 3.63) is 0 Å². The molecule has 112 valence electrons. The second-order valence-electron chi connectivity index (χ2n) is 6.12. The molecule has 2 aliphatic rings. The van der Waals surface area contributed by atoms with E-state index in [0.29, 0.717) is 5.92 Å². The Bertz CT molecular complexity index is 347.